The Morgan fingerprint density at radius 1 is 1.25 bits per heavy atom. The first-order valence-corrected chi connectivity index (χ1v) is 8.29. The molecule has 1 saturated carbocycles. The van der Waals surface area contributed by atoms with Crippen molar-refractivity contribution in [3.05, 3.63) is 34.3 Å². The van der Waals surface area contributed by atoms with Crippen molar-refractivity contribution in [3.8, 4) is 0 Å². The van der Waals surface area contributed by atoms with Crippen LogP contribution in [-0.4, -0.2) is 7.05 Å². The quantitative estimate of drug-likeness (QED) is 0.754. The molecule has 0 heterocycles. The Morgan fingerprint density at radius 3 is 2.40 bits per heavy atom. The molecule has 1 aromatic carbocycles. The van der Waals surface area contributed by atoms with Crippen LogP contribution in [0, 0.1) is 18.3 Å². The monoisotopic (exact) mass is 293 g/mol. The fourth-order valence-corrected chi connectivity index (χ4v) is 4.31. The van der Waals surface area contributed by atoms with Crippen LogP contribution < -0.4 is 5.32 Å². The Morgan fingerprint density at radius 2 is 1.90 bits per heavy atom. The van der Waals surface area contributed by atoms with E-state index in [1.165, 1.54) is 37.7 Å². The predicted molar refractivity (Wildman–Crippen MR) is 88.3 cm³/mol. The molecule has 1 aromatic rings. The molecule has 1 fully saturated rings. The van der Waals surface area contributed by atoms with E-state index >= 15 is 0 Å². The summed E-state index contributed by atoms with van der Waals surface area (Å²) in [5.41, 5.74) is 2.92. The summed E-state index contributed by atoms with van der Waals surface area (Å²) in [6.07, 6.45) is 6.70. The smallest absolute Gasteiger partial charge is 0.0438 e. The average molecular weight is 294 g/mol. The third-order valence-corrected chi connectivity index (χ3v) is 5.25. The number of rotatable bonds is 5. The van der Waals surface area contributed by atoms with E-state index in [0.717, 1.165) is 16.5 Å². The molecule has 1 unspecified atom stereocenters. The van der Waals surface area contributed by atoms with Crippen molar-refractivity contribution >= 4 is 11.6 Å². The second-order valence-corrected chi connectivity index (χ2v) is 7.30. The van der Waals surface area contributed by atoms with Gasteiger partial charge in [0.15, 0.2) is 0 Å². The first kappa shape index (κ1) is 15.9. The largest absolute Gasteiger partial charge is 0.313 e. The van der Waals surface area contributed by atoms with E-state index < -0.39 is 0 Å². The fourth-order valence-electron chi connectivity index (χ4n) is 4.12. The van der Waals surface area contributed by atoms with E-state index in [4.69, 9.17) is 11.6 Å². The van der Waals surface area contributed by atoms with E-state index in [1.807, 2.05) is 0 Å². The van der Waals surface area contributed by atoms with Gasteiger partial charge in [-0.3, -0.25) is 0 Å². The lowest BCUT2D eigenvalue weighted by atomic mass is 9.70. The summed E-state index contributed by atoms with van der Waals surface area (Å²) in [5.74, 6) is 0.741. The average Bonchev–Trinajstić information content (AvgIpc) is 2.83. The Kier molecular flexibility index (Phi) is 5.14. The maximum absolute atomic E-state index is 6.34. The molecule has 0 spiro atoms. The molecule has 1 aliphatic rings. The molecule has 20 heavy (non-hydrogen) atoms. The van der Waals surface area contributed by atoms with Gasteiger partial charge in [0.25, 0.3) is 0 Å². The van der Waals surface area contributed by atoms with E-state index in [2.05, 4.69) is 51.3 Å². The van der Waals surface area contributed by atoms with Gasteiger partial charge >= 0.3 is 0 Å². The summed E-state index contributed by atoms with van der Waals surface area (Å²) in [4.78, 5) is 0. The number of halogens is 1. The van der Waals surface area contributed by atoms with Crippen molar-refractivity contribution in [1.29, 1.82) is 0 Å². The number of hydrogen-bond donors (Lipinski definition) is 1. The second kappa shape index (κ2) is 6.49. The Balaban J connectivity index is 2.35. The molecule has 0 radical (unpaired) electrons. The maximum atomic E-state index is 6.34. The Bertz CT molecular complexity index is 447. The lowest BCUT2D eigenvalue weighted by Gasteiger charge is -2.39. The molecule has 1 nitrogen and oxygen atoms in total. The van der Waals surface area contributed by atoms with Crippen LogP contribution in [0.5, 0.6) is 0 Å². The van der Waals surface area contributed by atoms with Crippen molar-refractivity contribution in [2.75, 3.05) is 7.05 Å². The predicted octanol–water partition coefficient (Wildman–Crippen LogP) is 5.52. The molecule has 2 rings (SSSR count). The topological polar surface area (TPSA) is 12.0 Å². The number of benzene rings is 1. The zero-order valence-corrected chi connectivity index (χ0v) is 14.1. The number of hydrogen-bond acceptors (Lipinski definition) is 1. The van der Waals surface area contributed by atoms with Gasteiger partial charge in [-0.05, 0) is 61.8 Å². The fraction of sp³-hybridized carbons (Fsp3) is 0.667. The first-order valence-electron chi connectivity index (χ1n) is 7.92. The van der Waals surface area contributed by atoms with Crippen molar-refractivity contribution in [1.82, 2.24) is 5.32 Å². The highest BCUT2D eigenvalue weighted by Crippen LogP contribution is 2.51. The molecule has 0 bridgehead atoms. The summed E-state index contributed by atoms with van der Waals surface area (Å²) in [7, 11) is 2.10. The third kappa shape index (κ3) is 3.20. The molecule has 1 atom stereocenters. The Labute approximate surface area is 129 Å². The highest BCUT2D eigenvalue weighted by molar-refractivity contribution is 6.31. The standard InChI is InChI=1S/C18H28ClN/c1-13(2)12-18(9-5-6-10-18)17(20-4)15-8-7-14(3)16(19)11-15/h7-8,11,13,17,20H,5-6,9-10,12H2,1-4H3. The second-order valence-electron chi connectivity index (χ2n) is 6.90. The van der Waals surface area contributed by atoms with Gasteiger partial charge in [-0.15, -0.1) is 0 Å². The van der Waals surface area contributed by atoms with Crippen LogP contribution >= 0.6 is 11.6 Å². The highest BCUT2D eigenvalue weighted by atomic mass is 35.5. The molecule has 112 valence electrons. The van der Waals surface area contributed by atoms with Crippen LogP contribution in [0.1, 0.15) is 63.1 Å². The van der Waals surface area contributed by atoms with E-state index in [-0.39, 0.29) is 0 Å². The minimum Gasteiger partial charge on any atom is -0.313 e. The number of aryl methyl sites for hydroxylation is 1. The molecule has 2 heteroatoms. The van der Waals surface area contributed by atoms with Crippen LogP contribution in [-0.2, 0) is 0 Å². The normalized spacial score (nSPS) is 19.5. The van der Waals surface area contributed by atoms with Gasteiger partial charge in [0.1, 0.15) is 0 Å². The maximum Gasteiger partial charge on any atom is 0.0438 e. The summed E-state index contributed by atoms with van der Waals surface area (Å²) in [5, 5.41) is 4.48. The van der Waals surface area contributed by atoms with Gasteiger partial charge in [0, 0.05) is 11.1 Å². The van der Waals surface area contributed by atoms with Gasteiger partial charge in [0.2, 0.25) is 0 Å². The van der Waals surface area contributed by atoms with Gasteiger partial charge in [-0.25, -0.2) is 0 Å². The molecule has 0 saturated heterocycles. The van der Waals surface area contributed by atoms with Crippen molar-refractivity contribution < 1.29 is 0 Å². The molecule has 1 N–H and O–H groups in total. The number of nitrogens with one attached hydrogen (secondary N) is 1. The van der Waals surface area contributed by atoms with Gasteiger partial charge in [0.05, 0.1) is 0 Å². The van der Waals surface area contributed by atoms with Gasteiger partial charge in [-0.1, -0.05) is 50.4 Å². The van der Waals surface area contributed by atoms with Gasteiger partial charge < -0.3 is 5.32 Å². The molecule has 0 aromatic heterocycles. The van der Waals surface area contributed by atoms with Crippen LogP contribution in [0.2, 0.25) is 5.02 Å². The summed E-state index contributed by atoms with van der Waals surface area (Å²) < 4.78 is 0. The van der Waals surface area contributed by atoms with Crippen molar-refractivity contribution in [2.24, 2.45) is 11.3 Å². The molecular formula is C18H28ClN. The molecule has 0 aliphatic heterocycles. The minimum absolute atomic E-state index is 0.404. The summed E-state index contributed by atoms with van der Waals surface area (Å²) >= 11 is 6.34. The minimum atomic E-state index is 0.404. The van der Waals surface area contributed by atoms with Crippen LogP contribution in [0.15, 0.2) is 18.2 Å². The summed E-state index contributed by atoms with van der Waals surface area (Å²) in [6.45, 7) is 6.75. The SMILES string of the molecule is CNC(c1ccc(C)c(Cl)c1)C1(CC(C)C)CCCC1. The molecule has 1 aliphatic carbocycles. The lowest BCUT2D eigenvalue weighted by Crippen LogP contribution is -2.35. The van der Waals surface area contributed by atoms with E-state index in [0.29, 0.717) is 11.5 Å². The zero-order valence-electron chi connectivity index (χ0n) is 13.3. The van der Waals surface area contributed by atoms with Crippen LogP contribution in [0.4, 0.5) is 0 Å². The van der Waals surface area contributed by atoms with E-state index in [9.17, 15) is 0 Å². The third-order valence-electron chi connectivity index (χ3n) is 4.84. The van der Waals surface area contributed by atoms with Crippen LogP contribution in [0.3, 0.4) is 0 Å². The molecule has 0 amide bonds. The Hall–Kier alpha value is -0.530. The summed E-state index contributed by atoms with van der Waals surface area (Å²) in [6, 6.07) is 6.99. The molecular weight excluding hydrogens is 266 g/mol. The lowest BCUT2D eigenvalue weighted by molar-refractivity contribution is 0.162. The zero-order chi connectivity index (χ0) is 14.8. The van der Waals surface area contributed by atoms with Crippen LogP contribution in [0.25, 0.3) is 0 Å². The first-order chi connectivity index (χ1) is 9.48. The van der Waals surface area contributed by atoms with Crippen molar-refractivity contribution in [2.45, 2.75) is 58.9 Å². The van der Waals surface area contributed by atoms with Crippen molar-refractivity contribution in [3.63, 3.8) is 0 Å². The van der Waals surface area contributed by atoms with Gasteiger partial charge in [-0.2, -0.15) is 0 Å². The highest BCUT2D eigenvalue weighted by Gasteiger charge is 2.41. The van der Waals surface area contributed by atoms with E-state index in [1.54, 1.807) is 0 Å².